The Hall–Kier alpha value is -1.66. The summed E-state index contributed by atoms with van der Waals surface area (Å²) in [6.45, 7) is 0.819. The third-order valence-electron chi connectivity index (χ3n) is 3.07. The molecule has 1 aliphatic heterocycles. The highest BCUT2D eigenvalue weighted by molar-refractivity contribution is 5.63. The number of hydrogen-bond donors (Lipinski definition) is 2. The van der Waals surface area contributed by atoms with Gasteiger partial charge in [-0.3, -0.25) is 0 Å². The van der Waals surface area contributed by atoms with E-state index in [1.165, 1.54) is 0 Å². The van der Waals surface area contributed by atoms with Crippen molar-refractivity contribution in [2.75, 3.05) is 39.9 Å². The predicted molar refractivity (Wildman–Crippen MR) is 70.3 cm³/mol. The van der Waals surface area contributed by atoms with Crippen LogP contribution in [0.3, 0.4) is 0 Å². The molecule has 0 aromatic heterocycles. The van der Waals surface area contributed by atoms with Gasteiger partial charge in [-0.15, -0.1) is 0 Å². The van der Waals surface area contributed by atoms with Crippen LogP contribution in [0.25, 0.3) is 0 Å². The Balaban J connectivity index is 2.25. The summed E-state index contributed by atoms with van der Waals surface area (Å²) in [5, 5.41) is 12.9. The maximum atomic E-state index is 9.73. The van der Waals surface area contributed by atoms with E-state index in [-0.39, 0.29) is 6.04 Å². The van der Waals surface area contributed by atoms with Crippen molar-refractivity contribution in [1.29, 1.82) is 0 Å². The van der Waals surface area contributed by atoms with Crippen molar-refractivity contribution in [1.82, 2.24) is 0 Å². The van der Waals surface area contributed by atoms with Crippen LogP contribution in [0.2, 0.25) is 0 Å². The van der Waals surface area contributed by atoms with Crippen molar-refractivity contribution in [3.63, 3.8) is 0 Å². The number of aliphatic hydroxyl groups is 1. The molecule has 6 nitrogen and oxygen atoms in total. The molecule has 106 valence electrons. The van der Waals surface area contributed by atoms with Crippen LogP contribution in [0, 0.1) is 0 Å². The molecule has 2 atom stereocenters. The molecular formula is C13H19NO5. The first-order chi connectivity index (χ1) is 9.19. The van der Waals surface area contributed by atoms with E-state index in [1.807, 2.05) is 0 Å². The fraction of sp³-hybridized carbons (Fsp3) is 0.538. The summed E-state index contributed by atoms with van der Waals surface area (Å²) in [5.41, 5.74) is 0.782. The fourth-order valence-electron chi connectivity index (χ4n) is 2.06. The molecule has 2 N–H and O–H groups in total. The standard InChI is InChI=1S/C13H19NO5/c1-16-11-4-8(5-12(17-2)13(11)18-3)14-9-6-19-7-10(9)15/h4-5,9-10,14-15H,6-7H2,1-3H3. The molecule has 2 unspecified atom stereocenters. The highest BCUT2D eigenvalue weighted by Crippen LogP contribution is 2.40. The molecule has 1 aromatic rings. The summed E-state index contributed by atoms with van der Waals surface area (Å²) in [7, 11) is 4.69. The van der Waals surface area contributed by atoms with Gasteiger partial charge >= 0.3 is 0 Å². The van der Waals surface area contributed by atoms with Gasteiger partial charge in [0.15, 0.2) is 11.5 Å². The maximum absolute atomic E-state index is 9.73. The Labute approximate surface area is 112 Å². The molecule has 1 fully saturated rings. The van der Waals surface area contributed by atoms with Gasteiger partial charge in [0.2, 0.25) is 5.75 Å². The van der Waals surface area contributed by atoms with Gasteiger partial charge in [-0.25, -0.2) is 0 Å². The average Bonchev–Trinajstić information content (AvgIpc) is 2.83. The summed E-state index contributed by atoms with van der Waals surface area (Å²) >= 11 is 0. The van der Waals surface area contributed by atoms with Crippen LogP contribution in [0.15, 0.2) is 12.1 Å². The zero-order valence-electron chi connectivity index (χ0n) is 11.3. The second-order valence-electron chi connectivity index (χ2n) is 4.27. The van der Waals surface area contributed by atoms with Crippen molar-refractivity contribution < 1.29 is 24.1 Å². The summed E-state index contributed by atoms with van der Waals surface area (Å²) in [5.74, 6) is 1.68. The highest BCUT2D eigenvalue weighted by atomic mass is 16.5. The van der Waals surface area contributed by atoms with Gasteiger partial charge in [0.1, 0.15) is 0 Å². The van der Waals surface area contributed by atoms with Gasteiger partial charge in [0.25, 0.3) is 0 Å². The largest absolute Gasteiger partial charge is 0.493 e. The Kier molecular flexibility index (Phi) is 4.34. The van der Waals surface area contributed by atoms with Crippen molar-refractivity contribution >= 4 is 5.69 Å². The summed E-state index contributed by atoms with van der Waals surface area (Å²) in [4.78, 5) is 0. The first-order valence-electron chi connectivity index (χ1n) is 6.02. The van der Waals surface area contributed by atoms with E-state index in [2.05, 4.69) is 5.32 Å². The van der Waals surface area contributed by atoms with Crippen molar-refractivity contribution in [2.24, 2.45) is 0 Å². The molecule has 2 rings (SSSR count). The Bertz CT molecular complexity index is 412. The molecule has 0 saturated carbocycles. The van der Waals surface area contributed by atoms with Crippen LogP contribution >= 0.6 is 0 Å². The number of nitrogens with one attached hydrogen (secondary N) is 1. The third-order valence-corrected chi connectivity index (χ3v) is 3.07. The Morgan fingerprint density at radius 2 is 1.74 bits per heavy atom. The van der Waals surface area contributed by atoms with Gasteiger partial charge < -0.3 is 29.4 Å². The molecule has 0 radical (unpaired) electrons. The van der Waals surface area contributed by atoms with Crippen LogP contribution in [0.5, 0.6) is 17.2 Å². The van der Waals surface area contributed by atoms with E-state index in [0.29, 0.717) is 30.5 Å². The molecule has 1 saturated heterocycles. The van der Waals surface area contributed by atoms with E-state index in [1.54, 1.807) is 33.5 Å². The third kappa shape index (κ3) is 2.85. The van der Waals surface area contributed by atoms with Crippen molar-refractivity contribution in [2.45, 2.75) is 12.1 Å². The average molecular weight is 269 g/mol. The topological polar surface area (TPSA) is 69.2 Å². The number of benzene rings is 1. The lowest BCUT2D eigenvalue weighted by atomic mass is 10.2. The maximum Gasteiger partial charge on any atom is 0.203 e. The van der Waals surface area contributed by atoms with Gasteiger partial charge in [0, 0.05) is 17.8 Å². The number of methoxy groups -OCH3 is 3. The second-order valence-corrected chi connectivity index (χ2v) is 4.27. The minimum atomic E-state index is -0.515. The first kappa shape index (κ1) is 13.8. The summed E-state index contributed by atoms with van der Waals surface area (Å²) in [6.07, 6.45) is -0.515. The lowest BCUT2D eigenvalue weighted by Crippen LogP contribution is -2.31. The van der Waals surface area contributed by atoms with E-state index in [9.17, 15) is 5.11 Å². The van der Waals surface area contributed by atoms with Gasteiger partial charge in [-0.1, -0.05) is 0 Å². The number of rotatable bonds is 5. The minimum Gasteiger partial charge on any atom is -0.493 e. The van der Waals surface area contributed by atoms with Crippen LogP contribution in [-0.2, 0) is 4.74 Å². The van der Waals surface area contributed by atoms with Gasteiger partial charge in [-0.2, -0.15) is 0 Å². The van der Waals surface area contributed by atoms with Crippen LogP contribution in [0.1, 0.15) is 0 Å². The number of anilines is 1. The molecule has 19 heavy (non-hydrogen) atoms. The lowest BCUT2D eigenvalue weighted by Gasteiger charge is -2.19. The van der Waals surface area contributed by atoms with E-state index in [0.717, 1.165) is 5.69 Å². The van der Waals surface area contributed by atoms with Crippen molar-refractivity contribution in [3.8, 4) is 17.2 Å². The van der Waals surface area contributed by atoms with Gasteiger partial charge in [-0.05, 0) is 0 Å². The molecule has 1 heterocycles. The highest BCUT2D eigenvalue weighted by Gasteiger charge is 2.26. The monoisotopic (exact) mass is 269 g/mol. The normalized spacial score (nSPS) is 22.1. The minimum absolute atomic E-state index is 0.136. The van der Waals surface area contributed by atoms with E-state index >= 15 is 0 Å². The molecule has 0 bridgehead atoms. The SMILES string of the molecule is COc1cc(NC2COCC2O)cc(OC)c1OC. The second kappa shape index (κ2) is 5.99. The zero-order chi connectivity index (χ0) is 13.8. The number of aliphatic hydroxyl groups excluding tert-OH is 1. The lowest BCUT2D eigenvalue weighted by molar-refractivity contribution is 0.125. The quantitative estimate of drug-likeness (QED) is 0.827. The Morgan fingerprint density at radius 3 is 2.16 bits per heavy atom. The number of ether oxygens (including phenoxy) is 4. The smallest absolute Gasteiger partial charge is 0.203 e. The predicted octanol–water partition coefficient (Wildman–Crippen LogP) is 0.884. The van der Waals surface area contributed by atoms with E-state index in [4.69, 9.17) is 18.9 Å². The van der Waals surface area contributed by atoms with Crippen LogP contribution in [0.4, 0.5) is 5.69 Å². The molecule has 6 heteroatoms. The molecule has 1 aromatic carbocycles. The molecule has 0 spiro atoms. The van der Waals surface area contributed by atoms with E-state index < -0.39 is 6.10 Å². The Morgan fingerprint density at radius 1 is 1.11 bits per heavy atom. The first-order valence-corrected chi connectivity index (χ1v) is 6.02. The molecule has 0 amide bonds. The van der Waals surface area contributed by atoms with Crippen LogP contribution < -0.4 is 19.5 Å². The van der Waals surface area contributed by atoms with Crippen LogP contribution in [-0.4, -0.2) is 51.8 Å². The van der Waals surface area contributed by atoms with Crippen molar-refractivity contribution in [3.05, 3.63) is 12.1 Å². The molecular weight excluding hydrogens is 250 g/mol. The molecule has 0 aliphatic carbocycles. The zero-order valence-corrected chi connectivity index (χ0v) is 11.3. The summed E-state index contributed by atoms with van der Waals surface area (Å²) < 4.78 is 21.0. The van der Waals surface area contributed by atoms with Gasteiger partial charge in [0.05, 0.1) is 46.7 Å². The summed E-state index contributed by atoms with van der Waals surface area (Å²) in [6, 6.07) is 3.46. The fourth-order valence-corrected chi connectivity index (χ4v) is 2.06. The molecule has 1 aliphatic rings. The number of hydrogen-bond acceptors (Lipinski definition) is 6.